The standard InChI is InChI=1S/C27H29N3O5/c1-3-17-35-22-11-5-19(6-12-22)24-23(25(31)20-7-9-21(34-2)10-8-20)26(32)27(33)30(24)15-4-14-29-16-13-28-18-29/h5-13,16,18,24H,3-4,14-15,17H2,1-2H3,(H,31,32)/p+1. The van der Waals surface area contributed by atoms with E-state index < -0.39 is 17.7 Å². The fraction of sp³-hybridized carbons (Fsp3) is 0.296. The zero-order valence-electron chi connectivity index (χ0n) is 19.9. The fourth-order valence-electron chi connectivity index (χ4n) is 4.21. The highest BCUT2D eigenvalue weighted by Crippen LogP contribution is 2.40. The van der Waals surface area contributed by atoms with Gasteiger partial charge in [-0.25, -0.2) is 4.57 Å². The molecule has 0 aliphatic carbocycles. The van der Waals surface area contributed by atoms with Gasteiger partial charge in [-0.1, -0.05) is 19.1 Å². The van der Waals surface area contributed by atoms with Gasteiger partial charge < -0.3 is 19.5 Å². The number of hydrogen-bond acceptors (Lipinski definition) is 5. The van der Waals surface area contributed by atoms with Crippen molar-refractivity contribution in [3.63, 3.8) is 0 Å². The number of H-pyrrole nitrogens is 1. The van der Waals surface area contributed by atoms with Crippen LogP contribution < -0.4 is 14.0 Å². The van der Waals surface area contributed by atoms with E-state index in [-0.39, 0.29) is 11.3 Å². The number of aliphatic hydroxyl groups excluding tert-OH is 1. The SMILES string of the molecule is CCCOc1ccc(C2C(=C(O)c3ccc(OC)cc3)C(=O)C(=O)N2CCC[n+]2cc[nH]c2)cc1. The first kappa shape index (κ1) is 24.1. The number of aryl methyl sites for hydroxylation is 1. The van der Waals surface area contributed by atoms with Gasteiger partial charge in [-0.15, -0.1) is 0 Å². The van der Waals surface area contributed by atoms with Crippen LogP contribution in [0.2, 0.25) is 0 Å². The van der Waals surface area contributed by atoms with E-state index in [0.29, 0.717) is 43.2 Å². The molecule has 1 fully saturated rings. The third kappa shape index (κ3) is 5.21. The van der Waals surface area contributed by atoms with Crippen molar-refractivity contribution in [3.05, 3.63) is 84.0 Å². The number of rotatable bonds is 10. The van der Waals surface area contributed by atoms with Crippen LogP contribution >= 0.6 is 0 Å². The quantitative estimate of drug-likeness (QED) is 0.202. The van der Waals surface area contributed by atoms with Gasteiger partial charge in [-0.2, -0.15) is 0 Å². The molecule has 2 aromatic carbocycles. The number of carbonyl (C=O) groups is 2. The number of hydrogen-bond donors (Lipinski definition) is 2. The summed E-state index contributed by atoms with van der Waals surface area (Å²) in [5.74, 6) is -0.167. The minimum absolute atomic E-state index is 0.0803. The van der Waals surface area contributed by atoms with Gasteiger partial charge in [-0.3, -0.25) is 14.6 Å². The van der Waals surface area contributed by atoms with Crippen molar-refractivity contribution in [1.82, 2.24) is 9.88 Å². The van der Waals surface area contributed by atoms with Crippen molar-refractivity contribution in [2.75, 3.05) is 20.3 Å². The summed E-state index contributed by atoms with van der Waals surface area (Å²) in [4.78, 5) is 30.8. The molecule has 1 atom stereocenters. The van der Waals surface area contributed by atoms with E-state index in [0.717, 1.165) is 12.0 Å². The van der Waals surface area contributed by atoms with Crippen LogP contribution in [0.1, 0.15) is 36.9 Å². The van der Waals surface area contributed by atoms with E-state index in [1.54, 1.807) is 36.3 Å². The summed E-state index contributed by atoms with van der Waals surface area (Å²) in [6.45, 7) is 3.68. The van der Waals surface area contributed by atoms with Crippen molar-refractivity contribution in [1.29, 1.82) is 0 Å². The van der Waals surface area contributed by atoms with Gasteiger partial charge in [0.05, 0.1) is 31.9 Å². The largest absolute Gasteiger partial charge is 0.507 e. The molecule has 0 saturated carbocycles. The van der Waals surface area contributed by atoms with E-state index in [1.807, 2.05) is 54.5 Å². The minimum Gasteiger partial charge on any atom is -0.507 e. The molecule has 2 heterocycles. The first-order chi connectivity index (χ1) is 17.0. The predicted octanol–water partition coefficient (Wildman–Crippen LogP) is 3.61. The number of imidazole rings is 1. The predicted molar refractivity (Wildman–Crippen MR) is 130 cm³/mol. The first-order valence-corrected chi connectivity index (χ1v) is 11.7. The number of methoxy groups -OCH3 is 1. The van der Waals surface area contributed by atoms with E-state index >= 15 is 0 Å². The Morgan fingerprint density at radius 2 is 1.80 bits per heavy atom. The topological polar surface area (TPSA) is 95.7 Å². The number of aliphatic hydroxyl groups is 1. The second-order valence-corrected chi connectivity index (χ2v) is 8.34. The summed E-state index contributed by atoms with van der Waals surface area (Å²) in [6, 6.07) is 13.4. The second-order valence-electron chi connectivity index (χ2n) is 8.34. The number of benzene rings is 2. The van der Waals surface area contributed by atoms with Gasteiger partial charge in [0.1, 0.15) is 29.7 Å². The maximum atomic E-state index is 13.2. The molecular formula is C27H30N3O5+. The van der Waals surface area contributed by atoms with Crippen molar-refractivity contribution in [2.24, 2.45) is 0 Å². The Morgan fingerprint density at radius 1 is 1.09 bits per heavy atom. The molecule has 1 aliphatic heterocycles. The number of likely N-dealkylation sites (tertiary alicyclic amines) is 1. The highest BCUT2D eigenvalue weighted by Gasteiger charge is 2.45. The second kappa shape index (κ2) is 10.9. The summed E-state index contributed by atoms with van der Waals surface area (Å²) in [7, 11) is 1.56. The first-order valence-electron chi connectivity index (χ1n) is 11.7. The Hall–Kier alpha value is -4.07. The van der Waals surface area contributed by atoms with Crippen LogP contribution in [-0.4, -0.2) is 46.9 Å². The molecule has 3 aromatic rings. The van der Waals surface area contributed by atoms with Gasteiger partial charge in [0, 0.05) is 18.5 Å². The summed E-state index contributed by atoms with van der Waals surface area (Å²) >= 11 is 0. The summed E-state index contributed by atoms with van der Waals surface area (Å²) in [5, 5.41) is 11.2. The lowest BCUT2D eigenvalue weighted by atomic mass is 9.95. The van der Waals surface area contributed by atoms with E-state index in [4.69, 9.17) is 9.47 Å². The summed E-state index contributed by atoms with van der Waals surface area (Å²) < 4.78 is 12.9. The molecule has 35 heavy (non-hydrogen) atoms. The molecule has 1 unspecified atom stereocenters. The van der Waals surface area contributed by atoms with Crippen LogP contribution in [0.25, 0.3) is 5.76 Å². The zero-order chi connectivity index (χ0) is 24.8. The molecular weight excluding hydrogens is 446 g/mol. The highest BCUT2D eigenvalue weighted by molar-refractivity contribution is 6.46. The Morgan fingerprint density at radius 3 is 2.43 bits per heavy atom. The Labute approximate surface area is 204 Å². The zero-order valence-corrected chi connectivity index (χ0v) is 19.9. The molecule has 1 aliphatic rings. The molecule has 8 heteroatoms. The highest BCUT2D eigenvalue weighted by atomic mass is 16.5. The number of nitrogens with one attached hydrogen (secondary N) is 1. The Kier molecular flexibility index (Phi) is 7.50. The summed E-state index contributed by atoms with van der Waals surface area (Å²) in [5.41, 5.74) is 1.26. The number of ketones is 1. The molecule has 1 aromatic heterocycles. The van der Waals surface area contributed by atoms with Gasteiger partial charge in [0.2, 0.25) is 6.33 Å². The lowest BCUT2D eigenvalue weighted by Crippen LogP contribution is -2.36. The molecule has 2 N–H and O–H groups in total. The van der Waals surface area contributed by atoms with Gasteiger partial charge in [0.15, 0.2) is 0 Å². The normalized spacial score (nSPS) is 17.1. The number of amides is 1. The number of nitrogens with zero attached hydrogens (tertiary/aromatic N) is 2. The molecule has 1 amide bonds. The molecule has 8 nitrogen and oxygen atoms in total. The van der Waals surface area contributed by atoms with Crippen LogP contribution in [-0.2, 0) is 16.1 Å². The average molecular weight is 477 g/mol. The van der Waals surface area contributed by atoms with Gasteiger partial charge in [-0.05, 0) is 48.4 Å². The van der Waals surface area contributed by atoms with E-state index in [9.17, 15) is 14.7 Å². The van der Waals surface area contributed by atoms with Crippen molar-refractivity contribution in [2.45, 2.75) is 32.4 Å². The Balaban J connectivity index is 1.69. The fourth-order valence-corrected chi connectivity index (χ4v) is 4.21. The number of carbonyl (C=O) groups excluding carboxylic acids is 2. The van der Waals surface area contributed by atoms with E-state index in [1.165, 1.54) is 0 Å². The van der Waals surface area contributed by atoms with Crippen LogP contribution in [0.15, 0.2) is 72.8 Å². The van der Waals surface area contributed by atoms with Crippen molar-refractivity contribution >= 4 is 17.4 Å². The van der Waals surface area contributed by atoms with Crippen LogP contribution in [0.4, 0.5) is 0 Å². The van der Waals surface area contributed by atoms with Crippen LogP contribution in [0, 0.1) is 0 Å². The molecule has 182 valence electrons. The number of aromatic nitrogens is 2. The maximum Gasteiger partial charge on any atom is 0.295 e. The lowest BCUT2D eigenvalue weighted by Gasteiger charge is -2.25. The lowest BCUT2D eigenvalue weighted by molar-refractivity contribution is -0.695. The summed E-state index contributed by atoms with van der Waals surface area (Å²) in [6.07, 6.45) is 7.10. The van der Waals surface area contributed by atoms with E-state index in [2.05, 4.69) is 4.98 Å². The van der Waals surface area contributed by atoms with Crippen LogP contribution in [0.5, 0.6) is 11.5 Å². The third-order valence-electron chi connectivity index (χ3n) is 5.99. The minimum atomic E-state index is -0.700. The van der Waals surface area contributed by atoms with Gasteiger partial charge in [0.25, 0.3) is 11.7 Å². The smallest absolute Gasteiger partial charge is 0.295 e. The number of aromatic amines is 1. The maximum absolute atomic E-state index is 13.2. The van der Waals surface area contributed by atoms with Gasteiger partial charge >= 0.3 is 0 Å². The number of Topliss-reactive ketones (excluding diaryl/α,β-unsaturated/α-hetero) is 1. The average Bonchev–Trinajstić information content (AvgIpc) is 3.50. The molecule has 0 spiro atoms. The molecule has 0 bridgehead atoms. The third-order valence-corrected chi connectivity index (χ3v) is 5.99. The molecule has 1 saturated heterocycles. The molecule has 4 rings (SSSR count). The monoisotopic (exact) mass is 476 g/mol. The van der Waals surface area contributed by atoms with Crippen molar-refractivity contribution in [3.8, 4) is 11.5 Å². The van der Waals surface area contributed by atoms with Crippen LogP contribution in [0.3, 0.4) is 0 Å². The van der Waals surface area contributed by atoms with Crippen molar-refractivity contribution < 1.29 is 28.7 Å². The number of ether oxygens (including phenoxy) is 2. The molecule has 0 radical (unpaired) electrons. The Bertz CT molecular complexity index is 1180.